The molecule has 0 saturated carbocycles. The maximum Gasteiger partial charge on any atom is 0.308 e. The topological polar surface area (TPSA) is 91.8 Å². The summed E-state index contributed by atoms with van der Waals surface area (Å²) in [7, 11) is -3.44. The normalized spacial score (nSPS) is 12.4. The van der Waals surface area contributed by atoms with Crippen molar-refractivity contribution >= 4 is 21.7 Å². The molecule has 1 atom stereocenters. The van der Waals surface area contributed by atoms with Gasteiger partial charge in [-0.05, 0) is 23.8 Å². The van der Waals surface area contributed by atoms with E-state index in [1.165, 1.54) is 36.1 Å². The highest BCUT2D eigenvalue weighted by Gasteiger charge is 2.23. The molecule has 0 spiro atoms. The van der Waals surface area contributed by atoms with Crippen molar-refractivity contribution in [2.45, 2.75) is 18.4 Å². The minimum Gasteiger partial charge on any atom is -0.481 e. The fraction of sp³-hybridized carbons (Fsp3) is 0.263. The van der Waals surface area contributed by atoms with Crippen LogP contribution in [0.25, 0.3) is 0 Å². The number of aliphatic carboxylic acids is 1. The quantitative estimate of drug-likeness (QED) is 0.803. The predicted molar refractivity (Wildman–Crippen MR) is 97.5 cm³/mol. The molecule has 0 aliphatic rings. The zero-order valence-electron chi connectivity index (χ0n) is 14.6. The van der Waals surface area contributed by atoms with Gasteiger partial charge in [0, 0.05) is 24.9 Å². The van der Waals surface area contributed by atoms with E-state index in [9.17, 15) is 23.1 Å². The van der Waals surface area contributed by atoms with Gasteiger partial charge in [0.25, 0.3) is 5.91 Å². The smallest absolute Gasteiger partial charge is 0.308 e. The number of carboxylic acid groups (broad SMARTS) is 1. The van der Waals surface area contributed by atoms with Crippen LogP contribution in [0, 0.1) is 5.92 Å². The highest BCUT2D eigenvalue weighted by molar-refractivity contribution is 7.90. The molecule has 0 heterocycles. The van der Waals surface area contributed by atoms with Crippen molar-refractivity contribution < 1.29 is 23.1 Å². The lowest BCUT2D eigenvalue weighted by Gasteiger charge is -2.25. The van der Waals surface area contributed by atoms with Crippen molar-refractivity contribution in [3.8, 4) is 0 Å². The van der Waals surface area contributed by atoms with Gasteiger partial charge < -0.3 is 10.0 Å². The second kappa shape index (κ2) is 8.14. The number of hydrogen-bond donors (Lipinski definition) is 1. The molecular weight excluding hydrogens is 354 g/mol. The van der Waals surface area contributed by atoms with Crippen LogP contribution in [0.15, 0.2) is 59.5 Å². The van der Waals surface area contributed by atoms with E-state index in [-0.39, 0.29) is 23.5 Å². The third-order valence-electron chi connectivity index (χ3n) is 3.93. The third kappa shape index (κ3) is 5.16. The molecule has 0 bridgehead atoms. The Bertz CT molecular complexity index is 893. The molecule has 1 amide bonds. The van der Waals surface area contributed by atoms with E-state index in [4.69, 9.17) is 0 Å². The molecule has 138 valence electrons. The second-order valence-electron chi connectivity index (χ2n) is 6.21. The molecule has 0 aliphatic heterocycles. The Balaban J connectivity index is 2.34. The van der Waals surface area contributed by atoms with Gasteiger partial charge >= 0.3 is 5.97 Å². The van der Waals surface area contributed by atoms with Crippen molar-refractivity contribution in [2.75, 3.05) is 12.8 Å². The van der Waals surface area contributed by atoms with Crippen LogP contribution < -0.4 is 0 Å². The van der Waals surface area contributed by atoms with Gasteiger partial charge in [-0.15, -0.1) is 0 Å². The zero-order chi connectivity index (χ0) is 19.3. The minimum atomic E-state index is -3.44. The Morgan fingerprint density at radius 3 is 2.31 bits per heavy atom. The first-order valence-corrected chi connectivity index (χ1v) is 9.93. The van der Waals surface area contributed by atoms with Crippen LogP contribution in [0.1, 0.15) is 22.8 Å². The van der Waals surface area contributed by atoms with Gasteiger partial charge in [-0.1, -0.05) is 43.3 Å². The average Bonchev–Trinajstić information content (AvgIpc) is 2.60. The number of sulfone groups is 1. The summed E-state index contributed by atoms with van der Waals surface area (Å²) in [5.74, 6) is -2.16. The predicted octanol–water partition coefficient (Wildman–Crippen LogP) is 2.45. The molecule has 2 aromatic carbocycles. The maximum atomic E-state index is 12.9. The monoisotopic (exact) mass is 375 g/mol. The summed E-state index contributed by atoms with van der Waals surface area (Å²) in [6.45, 7) is 1.78. The Morgan fingerprint density at radius 2 is 1.73 bits per heavy atom. The van der Waals surface area contributed by atoms with E-state index in [2.05, 4.69) is 0 Å². The van der Waals surface area contributed by atoms with Gasteiger partial charge in [0.05, 0.1) is 10.8 Å². The Kier molecular flexibility index (Phi) is 6.15. The summed E-state index contributed by atoms with van der Waals surface area (Å²) in [6, 6.07) is 15.0. The van der Waals surface area contributed by atoms with E-state index in [1.54, 1.807) is 0 Å². The number of carbonyl (C=O) groups is 2. The molecule has 0 saturated heterocycles. The zero-order valence-corrected chi connectivity index (χ0v) is 15.4. The minimum absolute atomic E-state index is 0.0200. The first-order valence-electron chi connectivity index (χ1n) is 8.04. The maximum absolute atomic E-state index is 12.9. The van der Waals surface area contributed by atoms with Crippen LogP contribution in [0.2, 0.25) is 0 Å². The standard InChI is InChI=1S/C19H21NO5S/c1-14(19(22)23)12-20(13-15-7-4-3-5-8-15)18(21)16-9-6-10-17(11-16)26(2,24)25/h3-11,14H,12-13H2,1-2H3,(H,22,23)/t14-/m1/s1. The van der Waals surface area contributed by atoms with Crippen molar-refractivity contribution in [3.05, 3.63) is 65.7 Å². The third-order valence-corrected chi connectivity index (χ3v) is 5.04. The van der Waals surface area contributed by atoms with Crippen LogP contribution in [0.5, 0.6) is 0 Å². The van der Waals surface area contributed by atoms with E-state index in [0.717, 1.165) is 11.8 Å². The van der Waals surface area contributed by atoms with E-state index in [0.29, 0.717) is 0 Å². The lowest BCUT2D eigenvalue weighted by Crippen LogP contribution is -2.36. The molecule has 7 heteroatoms. The number of carbonyl (C=O) groups excluding carboxylic acids is 1. The van der Waals surface area contributed by atoms with Crippen LogP contribution in [0.3, 0.4) is 0 Å². The molecule has 0 radical (unpaired) electrons. The molecule has 26 heavy (non-hydrogen) atoms. The second-order valence-corrected chi connectivity index (χ2v) is 8.23. The molecule has 2 rings (SSSR count). The van der Waals surface area contributed by atoms with Gasteiger partial charge in [0.2, 0.25) is 0 Å². The number of hydrogen-bond acceptors (Lipinski definition) is 4. The van der Waals surface area contributed by atoms with Gasteiger partial charge in [-0.25, -0.2) is 8.42 Å². The highest BCUT2D eigenvalue weighted by Crippen LogP contribution is 2.16. The summed E-state index contributed by atoms with van der Waals surface area (Å²) < 4.78 is 23.5. The van der Waals surface area contributed by atoms with Crippen LogP contribution in [-0.4, -0.2) is 43.1 Å². The van der Waals surface area contributed by atoms with Crippen LogP contribution in [-0.2, 0) is 21.2 Å². The Morgan fingerprint density at radius 1 is 1.08 bits per heavy atom. The van der Waals surface area contributed by atoms with E-state index >= 15 is 0 Å². The number of nitrogens with zero attached hydrogens (tertiary/aromatic N) is 1. The summed E-state index contributed by atoms with van der Waals surface area (Å²) in [4.78, 5) is 25.6. The molecule has 1 N–H and O–H groups in total. The molecule has 2 aromatic rings. The van der Waals surface area contributed by atoms with E-state index < -0.39 is 27.6 Å². The van der Waals surface area contributed by atoms with E-state index in [1.807, 2.05) is 30.3 Å². The van der Waals surface area contributed by atoms with Gasteiger partial charge in [-0.2, -0.15) is 0 Å². The largest absolute Gasteiger partial charge is 0.481 e. The summed E-state index contributed by atoms with van der Waals surface area (Å²) in [5, 5.41) is 9.18. The lowest BCUT2D eigenvalue weighted by atomic mass is 10.1. The van der Waals surface area contributed by atoms with Crippen molar-refractivity contribution in [2.24, 2.45) is 5.92 Å². The number of carboxylic acids is 1. The number of amides is 1. The molecule has 0 unspecified atom stereocenters. The number of benzene rings is 2. The summed E-state index contributed by atoms with van der Waals surface area (Å²) >= 11 is 0. The van der Waals surface area contributed by atoms with Crippen molar-refractivity contribution in [1.29, 1.82) is 0 Å². The molecular formula is C19H21NO5S. The van der Waals surface area contributed by atoms with Gasteiger partial charge in [-0.3, -0.25) is 9.59 Å². The van der Waals surface area contributed by atoms with Gasteiger partial charge in [0.15, 0.2) is 9.84 Å². The lowest BCUT2D eigenvalue weighted by molar-refractivity contribution is -0.141. The summed E-state index contributed by atoms with van der Waals surface area (Å²) in [5.41, 5.74) is 1.07. The molecule has 6 nitrogen and oxygen atoms in total. The molecule has 0 fully saturated rings. The molecule has 0 aromatic heterocycles. The fourth-order valence-corrected chi connectivity index (χ4v) is 3.14. The van der Waals surface area contributed by atoms with Crippen LogP contribution >= 0.6 is 0 Å². The average molecular weight is 375 g/mol. The first kappa shape index (κ1) is 19.7. The highest BCUT2D eigenvalue weighted by atomic mass is 32.2. The summed E-state index contributed by atoms with van der Waals surface area (Å²) in [6.07, 6.45) is 1.07. The van der Waals surface area contributed by atoms with Crippen LogP contribution in [0.4, 0.5) is 0 Å². The SMILES string of the molecule is C[C@H](CN(Cc1ccccc1)C(=O)c1cccc(S(C)(=O)=O)c1)C(=O)O. The molecule has 0 aliphatic carbocycles. The fourth-order valence-electron chi connectivity index (χ4n) is 2.47. The van der Waals surface area contributed by atoms with Crippen molar-refractivity contribution in [3.63, 3.8) is 0 Å². The van der Waals surface area contributed by atoms with Crippen molar-refractivity contribution in [1.82, 2.24) is 4.90 Å². The van der Waals surface area contributed by atoms with Gasteiger partial charge in [0.1, 0.15) is 0 Å². The Hall–Kier alpha value is -2.67. The Labute approximate surface area is 153 Å². The number of rotatable bonds is 7. The first-order chi connectivity index (χ1) is 12.2.